The third kappa shape index (κ3) is 3.14. The highest BCUT2D eigenvalue weighted by Gasteiger charge is 2.30. The molecule has 0 saturated heterocycles. The summed E-state index contributed by atoms with van der Waals surface area (Å²) in [5.74, 6) is -0.186. The van der Waals surface area contributed by atoms with Gasteiger partial charge >= 0.3 is 0 Å². The van der Waals surface area contributed by atoms with Crippen molar-refractivity contribution in [2.45, 2.75) is 19.1 Å². The van der Waals surface area contributed by atoms with Crippen LogP contribution in [0.5, 0.6) is 0 Å². The SMILES string of the molecule is CO[C@H](C)[C@@H]1N=C(c2ccccc2)c2cc(Cl)ccc2NC1=O. The maximum atomic E-state index is 12.5. The summed E-state index contributed by atoms with van der Waals surface area (Å²) in [6, 6.07) is 14.5. The van der Waals surface area contributed by atoms with Crippen molar-refractivity contribution in [1.82, 2.24) is 0 Å². The van der Waals surface area contributed by atoms with Gasteiger partial charge in [-0.2, -0.15) is 0 Å². The highest BCUT2D eigenvalue weighted by Crippen LogP contribution is 2.28. The van der Waals surface area contributed by atoms with E-state index in [4.69, 9.17) is 21.3 Å². The fraction of sp³-hybridized carbons (Fsp3) is 0.222. The monoisotopic (exact) mass is 328 g/mol. The van der Waals surface area contributed by atoms with E-state index >= 15 is 0 Å². The van der Waals surface area contributed by atoms with Crippen molar-refractivity contribution in [2.75, 3.05) is 12.4 Å². The van der Waals surface area contributed by atoms with Crippen molar-refractivity contribution in [1.29, 1.82) is 0 Å². The number of carbonyl (C=O) groups is 1. The second kappa shape index (κ2) is 6.52. The third-order valence-corrected chi connectivity index (χ3v) is 4.13. The Balaban J connectivity index is 2.21. The molecule has 3 rings (SSSR count). The molecule has 0 aromatic heterocycles. The quantitative estimate of drug-likeness (QED) is 0.937. The standard InChI is InChI=1S/C18H17ClN2O2/c1-11(23-2)16-18(22)20-15-9-8-13(19)10-14(15)17(21-16)12-6-4-3-5-7-12/h3-11,16H,1-2H3,(H,20,22)/t11-,16+/m1/s1. The summed E-state index contributed by atoms with van der Waals surface area (Å²) in [5.41, 5.74) is 3.17. The van der Waals surface area contributed by atoms with Gasteiger partial charge in [-0.1, -0.05) is 41.9 Å². The van der Waals surface area contributed by atoms with Gasteiger partial charge in [0.15, 0.2) is 6.04 Å². The summed E-state index contributed by atoms with van der Waals surface area (Å²) in [7, 11) is 1.57. The van der Waals surface area contributed by atoms with E-state index in [1.807, 2.05) is 43.3 Å². The molecule has 4 nitrogen and oxygen atoms in total. The average molecular weight is 329 g/mol. The van der Waals surface area contributed by atoms with Gasteiger partial charge < -0.3 is 10.1 Å². The molecule has 0 unspecified atom stereocenters. The van der Waals surface area contributed by atoms with Gasteiger partial charge in [-0.15, -0.1) is 0 Å². The molecule has 0 radical (unpaired) electrons. The number of hydrogen-bond acceptors (Lipinski definition) is 3. The maximum Gasteiger partial charge on any atom is 0.251 e. The van der Waals surface area contributed by atoms with E-state index in [2.05, 4.69) is 5.32 Å². The van der Waals surface area contributed by atoms with E-state index in [1.165, 1.54) is 0 Å². The predicted molar refractivity (Wildman–Crippen MR) is 92.4 cm³/mol. The Morgan fingerprint density at radius 1 is 1.22 bits per heavy atom. The van der Waals surface area contributed by atoms with E-state index in [1.54, 1.807) is 19.2 Å². The number of fused-ring (bicyclic) bond motifs is 1. The summed E-state index contributed by atoms with van der Waals surface area (Å²) >= 11 is 6.15. The Labute approximate surface area is 140 Å². The van der Waals surface area contributed by atoms with Gasteiger partial charge in [0.25, 0.3) is 5.91 Å². The number of halogens is 1. The molecule has 0 spiro atoms. The van der Waals surface area contributed by atoms with Gasteiger partial charge in [-0.25, -0.2) is 0 Å². The number of methoxy groups -OCH3 is 1. The largest absolute Gasteiger partial charge is 0.379 e. The first kappa shape index (κ1) is 15.7. The van der Waals surface area contributed by atoms with Crippen LogP contribution in [0.2, 0.25) is 5.02 Å². The average Bonchev–Trinajstić information content (AvgIpc) is 2.71. The Hall–Kier alpha value is -2.17. The number of amides is 1. The van der Waals surface area contributed by atoms with Gasteiger partial charge in [0.1, 0.15) is 0 Å². The second-order valence-electron chi connectivity index (χ2n) is 5.41. The molecule has 1 aliphatic heterocycles. The number of benzene rings is 2. The van der Waals surface area contributed by atoms with Crippen LogP contribution in [0.25, 0.3) is 0 Å². The van der Waals surface area contributed by atoms with Gasteiger partial charge in [-0.05, 0) is 25.1 Å². The van der Waals surface area contributed by atoms with Crippen LogP contribution < -0.4 is 5.32 Å². The summed E-state index contributed by atoms with van der Waals surface area (Å²) in [6.07, 6.45) is -0.335. The first-order valence-electron chi connectivity index (χ1n) is 7.37. The minimum Gasteiger partial charge on any atom is -0.379 e. The lowest BCUT2D eigenvalue weighted by molar-refractivity contribution is -0.119. The smallest absolute Gasteiger partial charge is 0.251 e. The molecule has 0 bridgehead atoms. The molecular weight excluding hydrogens is 312 g/mol. The minimum absolute atomic E-state index is 0.186. The lowest BCUT2D eigenvalue weighted by atomic mass is 10.0. The molecule has 2 aromatic rings. The molecule has 5 heteroatoms. The van der Waals surface area contributed by atoms with Crippen LogP contribution >= 0.6 is 11.6 Å². The van der Waals surface area contributed by atoms with Crippen molar-refractivity contribution in [3.8, 4) is 0 Å². The zero-order chi connectivity index (χ0) is 16.4. The fourth-order valence-electron chi connectivity index (χ4n) is 2.57. The number of benzodiazepines with no additional fused rings is 1. The predicted octanol–water partition coefficient (Wildman–Crippen LogP) is 3.53. The van der Waals surface area contributed by atoms with Gasteiger partial charge in [-0.3, -0.25) is 9.79 Å². The third-order valence-electron chi connectivity index (χ3n) is 3.90. The lowest BCUT2D eigenvalue weighted by Crippen LogP contribution is -2.35. The van der Waals surface area contributed by atoms with Crippen LogP contribution in [-0.2, 0) is 9.53 Å². The van der Waals surface area contributed by atoms with Crippen molar-refractivity contribution in [2.24, 2.45) is 4.99 Å². The van der Waals surface area contributed by atoms with E-state index in [9.17, 15) is 4.79 Å². The summed E-state index contributed by atoms with van der Waals surface area (Å²) in [6.45, 7) is 1.83. The molecule has 1 amide bonds. The molecule has 1 heterocycles. The summed E-state index contributed by atoms with van der Waals surface area (Å²) < 4.78 is 5.33. The van der Waals surface area contributed by atoms with Crippen LogP contribution in [0.3, 0.4) is 0 Å². The molecule has 0 fully saturated rings. The molecule has 0 aliphatic carbocycles. The van der Waals surface area contributed by atoms with Crippen LogP contribution in [-0.4, -0.2) is 30.9 Å². The fourth-order valence-corrected chi connectivity index (χ4v) is 2.74. The van der Waals surface area contributed by atoms with Crippen molar-refractivity contribution < 1.29 is 9.53 Å². The lowest BCUT2D eigenvalue weighted by Gasteiger charge is -2.17. The van der Waals surface area contributed by atoms with Gasteiger partial charge in [0.2, 0.25) is 0 Å². The van der Waals surface area contributed by atoms with Gasteiger partial charge in [0, 0.05) is 23.3 Å². The Bertz CT molecular complexity index is 759. The van der Waals surface area contributed by atoms with Crippen molar-refractivity contribution in [3.05, 3.63) is 64.7 Å². The van der Waals surface area contributed by atoms with Crippen LogP contribution in [0.4, 0.5) is 5.69 Å². The van der Waals surface area contributed by atoms with E-state index in [0.717, 1.165) is 16.8 Å². The van der Waals surface area contributed by atoms with Crippen LogP contribution in [0.1, 0.15) is 18.1 Å². The molecule has 2 atom stereocenters. The first-order valence-corrected chi connectivity index (χ1v) is 7.74. The zero-order valence-electron chi connectivity index (χ0n) is 12.9. The molecule has 23 heavy (non-hydrogen) atoms. The number of nitrogens with zero attached hydrogens (tertiary/aromatic N) is 1. The number of carbonyl (C=O) groups excluding carboxylic acids is 1. The van der Waals surface area contributed by atoms with Gasteiger partial charge in [0.05, 0.1) is 17.5 Å². The number of ether oxygens (including phenoxy) is 1. The molecule has 118 valence electrons. The minimum atomic E-state index is -0.624. The van der Waals surface area contributed by atoms with E-state index in [-0.39, 0.29) is 12.0 Å². The molecular formula is C18H17ClN2O2. The van der Waals surface area contributed by atoms with Crippen LogP contribution in [0.15, 0.2) is 53.5 Å². The number of aliphatic imine (C=N–C) groups is 1. The van der Waals surface area contributed by atoms with E-state index in [0.29, 0.717) is 10.7 Å². The highest BCUT2D eigenvalue weighted by atomic mass is 35.5. The highest BCUT2D eigenvalue weighted by molar-refractivity contribution is 6.32. The van der Waals surface area contributed by atoms with Crippen molar-refractivity contribution >= 4 is 28.9 Å². The molecule has 1 aliphatic rings. The number of nitrogens with one attached hydrogen (secondary N) is 1. The normalized spacial score (nSPS) is 18.5. The molecule has 1 N–H and O–H groups in total. The Morgan fingerprint density at radius 3 is 2.65 bits per heavy atom. The molecule has 0 saturated carbocycles. The van der Waals surface area contributed by atoms with E-state index < -0.39 is 6.04 Å². The number of anilines is 1. The molecule has 2 aromatic carbocycles. The summed E-state index contributed by atoms with van der Waals surface area (Å²) in [5, 5.41) is 3.52. The van der Waals surface area contributed by atoms with Crippen molar-refractivity contribution in [3.63, 3.8) is 0 Å². The Morgan fingerprint density at radius 2 is 1.96 bits per heavy atom. The first-order chi connectivity index (χ1) is 11.1. The summed E-state index contributed by atoms with van der Waals surface area (Å²) in [4.78, 5) is 17.2. The zero-order valence-corrected chi connectivity index (χ0v) is 13.7. The van der Waals surface area contributed by atoms with Crippen LogP contribution in [0, 0.1) is 0 Å². The Kier molecular flexibility index (Phi) is 4.46. The second-order valence-corrected chi connectivity index (χ2v) is 5.84. The topological polar surface area (TPSA) is 50.7 Å². The maximum absolute atomic E-state index is 12.5. The number of rotatable bonds is 3. The number of hydrogen-bond donors (Lipinski definition) is 1.